The van der Waals surface area contributed by atoms with Gasteiger partial charge in [0.15, 0.2) is 5.58 Å². The Morgan fingerprint density at radius 2 is 1.10 bits per heavy atom. The summed E-state index contributed by atoms with van der Waals surface area (Å²) in [5.74, 6) is 0. The molecule has 2 heterocycles. The van der Waals surface area contributed by atoms with Gasteiger partial charge in [-0.15, -0.1) is 11.3 Å². The molecule has 0 saturated carbocycles. The van der Waals surface area contributed by atoms with E-state index in [4.69, 9.17) is 4.42 Å². The van der Waals surface area contributed by atoms with Crippen molar-refractivity contribution in [1.29, 1.82) is 0 Å². The number of hydrogen-bond donors (Lipinski definition) is 0. The van der Waals surface area contributed by atoms with Crippen molar-refractivity contribution in [3.63, 3.8) is 0 Å². The molecular weight excluding hydrogens is 615 g/mol. The van der Waals surface area contributed by atoms with Gasteiger partial charge >= 0.3 is 0 Å². The Hall–Kier alpha value is -6.16. The molecular formula is C46H29NOS. The summed E-state index contributed by atoms with van der Waals surface area (Å²) in [4.78, 5) is 2.34. The van der Waals surface area contributed by atoms with Gasteiger partial charge in [0.25, 0.3) is 0 Å². The van der Waals surface area contributed by atoms with E-state index in [0.717, 1.165) is 39.0 Å². The zero-order valence-corrected chi connectivity index (χ0v) is 27.3. The highest BCUT2D eigenvalue weighted by Crippen LogP contribution is 2.45. The van der Waals surface area contributed by atoms with Crippen LogP contribution in [0.4, 0.5) is 17.1 Å². The van der Waals surface area contributed by atoms with Gasteiger partial charge in [-0.2, -0.15) is 0 Å². The second kappa shape index (κ2) is 11.2. The average molecular weight is 644 g/mol. The van der Waals surface area contributed by atoms with Crippen LogP contribution in [0.1, 0.15) is 0 Å². The summed E-state index contributed by atoms with van der Waals surface area (Å²) in [7, 11) is 0. The van der Waals surface area contributed by atoms with E-state index >= 15 is 0 Å². The quantitative estimate of drug-likeness (QED) is 0.186. The smallest absolute Gasteiger partial charge is 0.159 e. The van der Waals surface area contributed by atoms with Crippen LogP contribution >= 0.6 is 11.3 Å². The number of hydrogen-bond acceptors (Lipinski definition) is 3. The van der Waals surface area contributed by atoms with E-state index in [1.54, 1.807) is 0 Å². The van der Waals surface area contributed by atoms with Crippen molar-refractivity contribution in [2.24, 2.45) is 0 Å². The van der Waals surface area contributed by atoms with Gasteiger partial charge in [0.2, 0.25) is 0 Å². The minimum atomic E-state index is 0.874. The van der Waals surface area contributed by atoms with Gasteiger partial charge in [-0.05, 0) is 75.5 Å². The number of furan rings is 1. The summed E-state index contributed by atoms with van der Waals surface area (Å²) in [5, 5.41) is 7.33. The number of nitrogens with zero attached hydrogens (tertiary/aromatic N) is 1. The Bertz CT molecular complexity index is 2840. The topological polar surface area (TPSA) is 16.4 Å². The molecule has 0 aliphatic heterocycles. The molecule has 8 aromatic carbocycles. The second-order valence-electron chi connectivity index (χ2n) is 12.5. The van der Waals surface area contributed by atoms with Gasteiger partial charge < -0.3 is 9.32 Å². The first kappa shape index (κ1) is 27.9. The van der Waals surface area contributed by atoms with Gasteiger partial charge in [0.1, 0.15) is 5.58 Å². The molecule has 0 fully saturated rings. The first-order valence-corrected chi connectivity index (χ1v) is 17.4. The molecule has 49 heavy (non-hydrogen) atoms. The Balaban J connectivity index is 1.16. The fraction of sp³-hybridized carbons (Fsp3) is 0. The van der Waals surface area contributed by atoms with E-state index in [0.29, 0.717) is 0 Å². The predicted octanol–water partition coefficient (Wildman–Crippen LogP) is 13.9. The summed E-state index contributed by atoms with van der Waals surface area (Å²) in [6.07, 6.45) is 0. The number of thiophene rings is 1. The highest BCUT2D eigenvalue weighted by atomic mass is 32.1. The van der Waals surface area contributed by atoms with Gasteiger partial charge in [-0.1, -0.05) is 133 Å². The van der Waals surface area contributed by atoms with Crippen LogP contribution in [0.5, 0.6) is 0 Å². The van der Waals surface area contributed by atoms with Gasteiger partial charge in [-0.25, -0.2) is 0 Å². The first-order valence-electron chi connectivity index (χ1n) is 16.6. The highest BCUT2D eigenvalue weighted by Gasteiger charge is 2.20. The molecule has 0 aliphatic carbocycles. The number of fused-ring (bicyclic) bond motifs is 7. The van der Waals surface area contributed by atoms with E-state index in [1.165, 1.54) is 53.2 Å². The Morgan fingerprint density at radius 3 is 2.02 bits per heavy atom. The lowest BCUT2D eigenvalue weighted by atomic mass is 9.97. The zero-order valence-electron chi connectivity index (χ0n) is 26.5. The standard InChI is InChI=1S/C46H29NOS/c1-2-15-35-30(11-1)12-8-18-36(35)32-13-7-14-34(29-32)47(42-22-10-20-40-38-16-3-5-23-43(38)48-45(40)42)33-27-25-31(26-28-33)37-19-9-21-41-39-17-4-6-24-44(39)49-46(37)41/h1-29H. The van der Waals surface area contributed by atoms with Crippen LogP contribution in [0, 0.1) is 0 Å². The van der Waals surface area contributed by atoms with Gasteiger partial charge in [0.05, 0.1) is 5.69 Å². The van der Waals surface area contributed by atoms with Crippen molar-refractivity contribution in [3.05, 3.63) is 176 Å². The molecule has 0 unspecified atom stereocenters. The first-order chi connectivity index (χ1) is 24.3. The number of benzene rings is 8. The third kappa shape index (κ3) is 4.55. The number of rotatable bonds is 5. The maximum atomic E-state index is 6.61. The lowest BCUT2D eigenvalue weighted by Gasteiger charge is -2.26. The van der Waals surface area contributed by atoms with Crippen molar-refractivity contribution in [2.75, 3.05) is 4.90 Å². The van der Waals surface area contributed by atoms with E-state index in [-0.39, 0.29) is 0 Å². The van der Waals surface area contributed by atoms with E-state index in [2.05, 4.69) is 169 Å². The monoisotopic (exact) mass is 643 g/mol. The van der Waals surface area contributed by atoms with Gasteiger partial charge in [0, 0.05) is 42.3 Å². The van der Waals surface area contributed by atoms with Crippen LogP contribution in [0.25, 0.3) is 75.1 Å². The molecule has 0 saturated heterocycles. The number of anilines is 3. The summed E-state index contributed by atoms with van der Waals surface area (Å²) in [6.45, 7) is 0. The zero-order chi connectivity index (χ0) is 32.3. The molecule has 0 spiro atoms. The lowest BCUT2D eigenvalue weighted by molar-refractivity contribution is 0.669. The Morgan fingerprint density at radius 1 is 0.429 bits per heavy atom. The fourth-order valence-corrected chi connectivity index (χ4v) is 8.63. The molecule has 3 heteroatoms. The van der Waals surface area contributed by atoms with Crippen LogP contribution in [0.15, 0.2) is 180 Å². The molecule has 0 atom stereocenters. The molecule has 0 bridgehead atoms. The summed E-state index contributed by atoms with van der Waals surface area (Å²) < 4.78 is 9.25. The largest absolute Gasteiger partial charge is 0.454 e. The van der Waals surface area contributed by atoms with Crippen LogP contribution in [-0.2, 0) is 0 Å². The Kier molecular flexibility index (Phi) is 6.39. The molecule has 10 aromatic rings. The third-order valence-corrected chi connectivity index (χ3v) is 10.9. The molecule has 0 N–H and O–H groups in total. The van der Waals surface area contributed by atoms with E-state index in [9.17, 15) is 0 Å². The Labute approximate surface area is 287 Å². The molecule has 230 valence electrons. The normalized spacial score (nSPS) is 11.7. The van der Waals surface area contributed by atoms with Crippen molar-refractivity contribution in [3.8, 4) is 22.3 Å². The fourth-order valence-electron chi connectivity index (χ4n) is 7.39. The minimum Gasteiger partial charge on any atom is -0.454 e. The molecule has 10 rings (SSSR count). The van der Waals surface area contributed by atoms with E-state index in [1.807, 2.05) is 23.5 Å². The summed E-state index contributed by atoms with van der Waals surface area (Å²) >= 11 is 1.87. The van der Waals surface area contributed by atoms with Crippen LogP contribution in [-0.4, -0.2) is 0 Å². The highest BCUT2D eigenvalue weighted by molar-refractivity contribution is 7.26. The maximum Gasteiger partial charge on any atom is 0.159 e. The van der Waals surface area contributed by atoms with Crippen molar-refractivity contribution in [1.82, 2.24) is 0 Å². The predicted molar refractivity (Wildman–Crippen MR) is 210 cm³/mol. The lowest BCUT2D eigenvalue weighted by Crippen LogP contribution is -2.10. The molecule has 2 aromatic heterocycles. The second-order valence-corrected chi connectivity index (χ2v) is 13.5. The SMILES string of the molecule is c1cc(-c2cccc3ccccc23)cc(N(c2ccc(-c3cccc4c3sc3ccccc34)cc2)c2cccc3c2oc2ccccc23)c1. The molecule has 0 radical (unpaired) electrons. The molecule has 2 nitrogen and oxygen atoms in total. The molecule has 0 aliphatic rings. The average Bonchev–Trinajstić information content (AvgIpc) is 3.74. The third-order valence-electron chi connectivity index (χ3n) is 9.67. The summed E-state index contributed by atoms with van der Waals surface area (Å²) in [5.41, 5.74) is 9.75. The van der Waals surface area contributed by atoms with Crippen molar-refractivity contribution in [2.45, 2.75) is 0 Å². The van der Waals surface area contributed by atoms with Crippen molar-refractivity contribution >= 4 is 81.3 Å². The molecule has 0 amide bonds. The maximum absolute atomic E-state index is 6.61. The minimum absolute atomic E-state index is 0.874. The van der Waals surface area contributed by atoms with Gasteiger partial charge in [-0.3, -0.25) is 0 Å². The summed E-state index contributed by atoms with van der Waals surface area (Å²) in [6, 6.07) is 63.1. The van der Waals surface area contributed by atoms with Crippen LogP contribution in [0.2, 0.25) is 0 Å². The van der Waals surface area contributed by atoms with Crippen LogP contribution < -0.4 is 4.90 Å². The number of para-hydroxylation sites is 2. The van der Waals surface area contributed by atoms with E-state index < -0.39 is 0 Å². The van der Waals surface area contributed by atoms with Crippen LogP contribution in [0.3, 0.4) is 0 Å². The van der Waals surface area contributed by atoms with Crippen molar-refractivity contribution < 1.29 is 4.42 Å².